The first-order valence-corrected chi connectivity index (χ1v) is 10.7. The molecule has 0 saturated carbocycles. The molecule has 3 aromatic rings. The van der Waals surface area contributed by atoms with Crippen LogP contribution in [0.2, 0.25) is 0 Å². The van der Waals surface area contributed by atoms with Crippen molar-refractivity contribution in [2.75, 3.05) is 26.2 Å². The standard InChI is InChI=1S/C20H22BrN7O3/c1-13-9-17(16-11-26(12-30)6-5-22-16)28(20(31)14-3-2-4-15(21)10-14)18(13)19-23-25-27(24-19)7-8-29/h2-4,9-10,12,16,22,29H,5-8,11H2,1H3. The second-order valence-corrected chi connectivity index (χ2v) is 8.21. The summed E-state index contributed by atoms with van der Waals surface area (Å²) in [6.45, 7) is 3.66. The molecule has 1 unspecified atom stereocenters. The van der Waals surface area contributed by atoms with E-state index >= 15 is 0 Å². The van der Waals surface area contributed by atoms with Gasteiger partial charge in [0.05, 0.1) is 19.2 Å². The molecule has 1 aliphatic rings. The number of aryl methyl sites for hydroxylation is 1. The number of carbonyl (C=O) groups excluding carboxylic acids is 2. The molecule has 162 valence electrons. The number of rotatable bonds is 6. The van der Waals surface area contributed by atoms with Gasteiger partial charge in [-0.15, -0.1) is 10.2 Å². The van der Waals surface area contributed by atoms with Crippen molar-refractivity contribution in [1.29, 1.82) is 0 Å². The number of nitrogens with one attached hydrogen (secondary N) is 1. The molecule has 0 bridgehead atoms. The number of hydrogen-bond donors (Lipinski definition) is 2. The Labute approximate surface area is 187 Å². The first kappa shape index (κ1) is 21.3. The summed E-state index contributed by atoms with van der Waals surface area (Å²) in [6.07, 6.45) is 0.826. The summed E-state index contributed by atoms with van der Waals surface area (Å²) in [5, 5.41) is 25.0. The van der Waals surface area contributed by atoms with E-state index in [0.29, 0.717) is 36.7 Å². The van der Waals surface area contributed by atoms with Gasteiger partial charge in [0, 0.05) is 35.4 Å². The molecule has 0 spiro atoms. The number of amides is 1. The van der Waals surface area contributed by atoms with E-state index in [4.69, 9.17) is 5.11 Å². The van der Waals surface area contributed by atoms with Crippen molar-refractivity contribution in [3.8, 4) is 11.5 Å². The van der Waals surface area contributed by atoms with Crippen LogP contribution in [0.3, 0.4) is 0 Å². The molecule has 31 heavy (non-hydrogen) atoms. The lowest BCUT2D eigenvalue weighted by Gasteiger charge is -2.31. The predicted octanol–water partition coefficient (Wildman–Crippen LogP) is 0.996. The van der Waals surface area contributed by atoms with Gasteiger partial charge >= 0.3 is 0 Å². The Morgan fingerprint density at radius 3 is 2.97 bits per heavy atom. The fourth-order valence-corrected chi connectivity index (χ4v) is 4.15. The molecule has 10 nitrogen and oxygen atoms in total. The summed E-state index contributed by atoms with van der Waals surface area (Å²) in [5.41, 5.74) is 2.57. The highest BCUT2D eigenvalue weighted by Gasteiger charge is 2.30. The highest BCUT2D eigenvalue weighted by Crippen LogP contribution is 2.30. The molecule has 2 aromatic heterocycles. The summed E-state index contributed by atoms with van der Waals surface area (Å²) in [7, 11) is 0. The number of aliphatic hydroxyl groups excluding tert-OH is 1. The van der Waals surface area contributed by atoms with Crippen molar-refractivity contribution in [1.82, 2.24) is 35.0 Å². The molecule has 1 saturated heterocycles. The minimum atomic E-state index is -0.233. The fraction of sp³-hybridized carbons (Fsp3) is 0.350. The van der Waals surface area contributed by atoms with Gasteiger partial charge in [0.25, 0.3) is 5.91 Å². The molecule has 3 heterocycles. The van der Waals surface area contributed by atoms with Crippen LogP contribution >= 0.6 is 15.9 Å². The minimum absolute atomic E-state index is 0.120. The van der Waals surface area contributed by atoms with Crippen LogP contribution in [-0.2, 0) is 11.3 Å². The SMILES string of the molecule is Cc1cc(C2CN(C=O)CCN2)n(C(=O)c2cccc(Br)c2)c1-c1nnn(CCO)n1. The average molecular weight is 488 g/mol. The van der Waals surface area contributed by atoms with Crippen molar-refractivity contribution < 1.29 is 14.7 Å². The monoisotopic (exact) mass is 487 g/mol. The predicted molar refractivity (Wildman–Crippen MR) is 115 cm³/mol. The van der Waals surface area contributed by atoms with E-state index in [2.05, 4.69) is 36.7 Å². The Morgan fingerprint density at radius 2 is 2.23 bits per heavy atom. The van der Waals surface area contributed by atoms with Gasteiger partial charge < -0.3 is 15.3 Å². The molecule has 4 rings (SSSR count). The number of halogens is 1. The van der Waals surface area contributed by atoms with Gasteiger partial charge in [0.2, 0.25) is 12.2 Å². The maximum Gasteiger partial charge on any atom is 0.262 e. The Hall–Kier alpha value is -2.89. The second kappa shape index (κ2) is 9.08. The molecule has 1 fully saturated rings. The topological polar surface area (TPSA) is 118 Å². The third kappa shape index (κ3) is 4.29. The van der Waals surface area contributed by atoms with Gasteiger partial charge in [-0.05, 0) is 42.0 Å². The summed E-state index contributed by atoms with van der Waals surface area (Å²) in [4.78, 5) is 28.0. The van der Waals surface area contributed by atoms with E-state index in [0.717, 1.165) is 22.1 Å². The van der Waals surface area contributed by atoms with Crippen LogP contribution in [0.25, 0.3) is 11.5 Å². The largest absolute Gasteiger partial charge is 0.394 e. The molecule has 1 aliphatic heterocycles. The van der Waals surface area contributed by atoms with Gasteiger partial charge in [-0.1, -0.05) is 22.0 Å². The Morgan fingerprint density at radius 1 is 1.39 bits per heavy atom. The fourth-order valence-electron chi connectivity index (χ4n) is 3.75. The average Bonchev–Trinajstić information content (AvgIpc) is 3.37. The van der Waals surface area contributed by atoms with Crippen LogP contribution in [0.4, 0.5) is 0 Å². The number of aromatic nitrogens is 5. The van der Waals surface area contributed by atoms with Gasteiger partial charge in [0.15, 0.2) is 0 Å². The number of carbonyl (C=O) groups is 2. The van der Waals surface area contributed by atoms with Crippen LogP contribution in [0.1, 0.15) is 27.7 Å². The smallest absolute Gasteiger partial charge is 0.262 e. The first-order valence-electron chi connectivity index (χ1n) is 9.86. The normalized spacial score (nSPS) is 16.5. The Bertz CT molecular complexity index is 1110. The summed E-state index contributed by atoms with van der Waals surface area (Å²) >= 11 is 3.42. The van der Waals surface area contributed by atoms with Crippen molar-refractivity contribution in [2.24, 2.45) is 0 Å². The zero-order valence-corrected chi connectivity index (χ0v) is 18.5. The van der Waals surface area contributed by atoms with E-state index in [1.807, 2.05) is 19.1 Å². The number of aliphatic hydroxyl groups is 1. The van der Waals surface area contributed by atoms with Gasteiger partial charge in [0.1, 0.15) is 5.69 Å². The van der Waals surface area contributed by atoms with Crippen molar-refractivity contribution in [3.05, 3.63) is 51.6 Å². The van der Waals surface area contributed by atoms with Crippen molar-refractivity contribution >= 4 is 28.2 Å². The lowest BCUT2D eigenvalue weighted by atomic mass is 10.1. The zero-order valence-electron chi connectivity index (χ0n) is 16.9. The lowest BCUT2D eigenvalue weighted by Crippen LogP contribution is -2.46. The van der Waals surface area contributed by atoms with E-state index in [-0.39, 0.29) is 25.1 Å². The highest BCUT2D eigenvalue weighted by molar-refractivity contribution is 9.10. The van der Waals surface area contributed by atoms with Gasteiger partial charge in [-0.25, -0.2) is 0 Å². The quantitative estimate of drug-likeness (QED) is 0.497. The second-order valence-electron chi connectivity index (χ2n) is 7.29. The number of benzene rings is 1. The molecule has 0 radical (unpaired) electrons. The van der Waals surface area contributed by atoms with E-state index < -0.39 is 0 Å². The molecule has 0 aliphatic carbocycles. The molecule has 1 aromatic carbocycles. The van der Waals surface area contributed by atoms with Crippen LogP contribution in [0.5, 0.6) is 0 Å². The van der Waals surface area contributed by atoms with Crippen molar-refractivity contribution in [3.63, 3.8) is 0 Å². The van der Waals surface area contributed by atoms with E-state index in [1.165, 1.54) is 4.80 Å². The Balaban J connectivity index is 1.85. The molecule has 11 heteroatoms. The zero-order chi connectivity index (χ0) is 22.0. The van der Waals surface area contributed by atoms with E-state index in [1.54, 1.807) is 27.7 Å². The highest BCUT2D eigenvalue weighted by atomic mass is 79.9. The molecule has 1 amide bonds. The minimum Gasteiger partial charge on any atom is -0.394 e. The van der Waals surface area contributed by atoms with Gasteiger partial charge in [-0.3, -0.25) is 14.2 Å². The maximum absolute atomic E-state index is 13.7. The number of hydrogen-bond acceptors (Lipinski definition) is 7. The van der Waals surface area contributed by atoms with Crippen LogP contribution in [0, 0.1) is 6.92 Å². The molecule has 1 atom stereocenters. The van der Waals surface area contributed by atoms with Crippen molar-refractivity contribution in [2.45, 2.75) is 19.5 Å². The Kier molecular flexibility index (Phi) is 6.25. The third-order valence-electron chi connectivity index (χ3n) is 5.17. The van der Waals surface area contributed by atoms with E-state index in [9.17, 15) is 9.59 Å². The van der Waals surface area contributed by atoms with Crippen LogP contribution in [-0.4, -0.2) is 73.3 Å². The van der Waals surface area contributed by atoms with Crippen LogP contribution in [0.15, 0.2) is 34.8 Å². The third-order valence-corrected chi connectivity index (χ3v) is 5.67. The first-order chi connectivity index (χ1) is 15.0. The van der Waals surface area contributed by atoms with Gasteiger partial charge in [-0.2, -0.15) is 4.80 Å². The summed E-state index contributed by atoms with van der Waals surface area (Å²) in [5.74, 6) is 0.0616. The number of nitrogens with zero attached hydrogens (tertiary/aromatic N) is 6. The maximum atomic E-state index is 13.7. The number of piperazine rings is 1. The molecule has 2 N–H and O–H groups in total. The number of tetrazole rings is 1. The molecular formula is C20H22BrN7O3. The summed E-state index contributed by atoms with van der Waals surface area (Å²) < 4.78 is 2.39. The lowest BCUT2D eigenvalue weighted by molar-refractivity contribution is -0.119. The summed E-state index contributed by atoms with van der Waals surface area (Å²) in [6, 6.07) is 8.85. The molecular weight excluding hydrogens is 466 g/mol. The van der Waals surface area contributed by atoms with Crippen LogP contribution < -0.4 is 5.32 Å².